The zero-order valence-electron chi connectivity index (χ0n) is 10.2. The number of rotatable bonds is 3. The minimum absolute atomic E-state index is 0.343. The van der Waals surface area contributed by atoms with E-state index in [4.69, 9.17) is 5.73 Å². The normalized spacial score (nSPS) is 12.5. The number of hydrogen-bond donors (Lipinski definition) is 3. The van der Waals surface area contributed by atoms with E-state index < -0.39 is 33.1 Å². The summed E-state index contributed by atoms with van der Waals surface area (Å²) < 4.78 is 53.7. The Bertz CT molecular complexity index is 553. The van der Waals surface area contributed by atoms with E-state index in [1.807, 2.05) is 4.72 Å². The topological polar surface area (TPSA) is 84.2 Å². The molecule has 0 unspecified atom stereocenters. The number of nitrogen functional groups attached to an aromatic ring is 1. The highest BCUT2D eigenvalue weighted by Gasteiger charge is 2.21. The van der Waals surface area contributed by atoms with Gasteiger partial charge in [0, 0.05) is 11.6 Å². The minimum Gasteiger partial charge on any atom is -0.396 e. The van der Waals surface area contributed by atoms with Crippen molar-refractivity contribution in [3.63, 3.8) is 0 Å². The van der Waals surface area contributed by atoms with Crippen molar-refractivity contribution in [1.82, 2.24) is 4.72 Å². The van der Waals surface area contributed by atoms with E-state index in [0.717, 1.165) is 6.07 Å². The maximum absolute atomic E-state index is 13.3. The molecule has 8 heteroatoms. The molecule has 0 saturated heterocycles. The summed E-state index contributed by atoms with van der Waals surface area (Å²) in [6.45, 7) is 4.88. The van der Waals surface area contributed by atoms with Crippen molar-refractivity contribution in [2.45, 2.75) is 26.3 Å². The molecule has 18 heavy (non-hydrogen) atoms. The van der Waals surface area contributed by atoms with Crippen LogP contribution in [0.3, 0.4) is 0 Å². The average Bonchev–Trinajstić information content (AvgIpc) is 2.09. The van der Waals surface area contributed by atoms with Gasteiger partial charge in [-0.15, -0.1) is 0 Å². The molecule has 0 aliphatic heterocycles. The van der Waals surface area contributed by atoms with Crippen LogP contribution >= 0.6 is 0 Å². The Morgan fingerprint density at radius 3 is 2.22 bits per heavy atom. The smallest absolute Gasteiger partial charge is 0.299 e. The van der Waals surface area contributed by atoms with Gasteiger partial charge in [-0.2, -0.15) is 13.1 Å². The van der Waals surface area contributed by atoms with Crippen LogP contribution in [0.2, 0.25) is 0 Å². The van der Waals surface area contributed by atoms with Crippen molar-refractivity contribution >= 4 is 21.6 Å². The molecular formula is C10H15F2N3O2S. The molecule has 4 N–H and O–H groups in total. The first-order valence-corrected chi connectivity index (χ1v) is 6.55. The second-order valence-corrected chi connectivity index (χ2v) is 6.23. The molecule has 1 rings (SSSR count). The molecule has 0 atom stereocenters. The zero-order chi connectivity index (χ0) is 14.1. The van der Waals surface area contributed by atoms with Crippen LogP contribution in [0.15, 0.2) is 12.1 Å². The van der Waals surface area contributed by atoms with Gasteiger partial charge in [0.05, 0.1) is 11.4 Å². The number of benzene rings is 1. The van der Waals surface area contributed by atoms with Crippen molar-refractivity contribution in [3.05, 3.63) is 23.8 Å². The summed E-state index contributed by atoms with van der Waals surface area (Å²) in [6, 6.07) is 1.40. The molecule has 0 bridgehead atoms. The number of halogens is 2. The molecule has 0 radical (unpaired) electrons. The van der Waals surface area contributed by atoms with Crippen molar-refractivity contribution in [1.29, 1.82) is 0 Å². The number of hydrogen-bond acceptors (Lipinski definition) is 3. The Morgan fingerprint density at radius 1 is 1.17 bits per heavy atom. The second-order valence-electron chi connectivity index (χ2n) is 4.81. The Hall–Kier alpha value is -1.41. The average molecular weight is 279 g/mol. The van der Waals surface area contributed by atoms with Crippen LogP contribution in [0.1, 0.15) is 20.8 Å². The number of nitrogens with one attached hydrogen (secondary N) is 2. The van der Waals surface area contributed by atoms with Gasteiger partial charge in [0.1, 0.15) is 11.6 Å². The maximum atomic E-state index is 13.3. The molecule has 102 valence electrons. The Balaban J connectivity index is 3.02. The first kappa shape index (κ1) is 14.7. The van der Waals surface area contributed by atoms with Crippen molar-refractivity contribution in [2.24, 2.45) is 0 Å². The zero-order valence-corrected chi connectivity index (χ0v) is 11.0. The van der Waals surface area contributed by atoms with Crippen LogP contribution in [0.5, 0.6) is 0 Å². The lowest BCUT2D eigenvalue weighted by molar-refractivity contribution is 0.494. The second kappa shape index (κ2) is 4.69. The number of anilines is 2. The predicted octanol–water partition coefficient (Wildman–Crippen LogP) is 1.59. The van der Waals surface area contributed by atoms with Gasteiger partial charge in [0.15, 0.2) is 0 Å². The van der Waals surface area contributed by atoms with Gasteiger partial charge >= 0.3 is 0 Å². The highest BCUT2D eigenvalue weighted by molar-refractivity contribution is 7.90. The Labute approximate surface area is 105 Å². The summed E-state index contributed by atoms with van der Waals surface area (Å²) in [5, 5.41) is 0. The Morgan fingerprint density at radius 2 is 1.72 bits per heavy atom. The van der Waals surface area contributed by atoms with E-state index in [-0.39, 0.29) is 5.69 Å². The van der Waals surface area contributed by atoms with E-state index in [9.17, 15) is 17.2 Å². The summed E-state index contributed by atoms with van der Waals surface area (Å²) in [6.07, 6.45) is 0. The standard InChI is InChI=1S/C10H15F2N3O2S/c1-10(2,3)15-18(16,17)14-9-5-8(13)6(11)4-7(9)12/h4-5,14-15H,13H2,1-3H3. The summed E-state index contributed by atoms with van der Waals surface area (Å²) >= 11 is 0. The van der Waals surface area contributed by atoms with Crippen LogP contribution in [0.4, 0.5) is 20.2 Å². The van der Waals surface area contributed by atoms with Gasteiger partial charge in [0.25, 0.3) is 10.2 Å². The molecule has 0 spiro atoms. The minimum atomic E-state index is -3.96. The van der Waals surface area contributed by atoms with Crippen molar-refractivity contribution in [3.8, 4) is 0 Å². The van der Waals surface area contributed by atoms with E-state index in [1.54, 1.807) is 20.8 Å². The van der Waals surface area contributed by atoms with Gasteiger partial charge in [-0.1, -0.05) is 0 Å². The third-order valence-electron chi connectivity index (χ3n) is 1.77. The van der Waals surface area contributed by atoms with Gasteiger partial charge in [0.2, 0.25) is 0 Å². The van der Waals surface area contributed by atoms with Crippen LogP contribution in [-0.4, -0.2) is 14.0 Å². The molecule has 0 heterocycles. The molecule has 1 aromatic rings. The van der Waals surface area contributed by atoms with Crippen LogP contribution in [-0.2, 0) is 10.2 Å². The summed E-state index contributed by atoms with van der Waals surface area (Å²) in [5.74, 6) is -1.99. The van der Waals surface area contributed by atoms with Gasteiger partial charge in [-0.3, -0.25) is 4.72 Å². The van der Waals surface area contributed by atoms with E-state index in [1.165, 1.54) is 0 Å². The lowest BCUT2D eigenvalue weighted by Crippen LogP contribution is -2.43. The van der Waals surface area contributed by atoms with E-state index in [0.29, 0.717) is 6.07 Å². The maximum Gasteiger partial charge on any atom is 0.299 e. The van der Waals surface area contributed by atoms with Crippen LogP contribution in [0.25, 0.3) is 0 Å². The molecule has 0 amide bonds. The van der Waals surface area contributed by atoms with Gasteiger partial charge in [-0.25, -0.2) is 8.78 Å². The van der Waals surface area contributed by atoms with Gasteiger partial charge < -0.3 is 5.73 Å². The highest BCUT2D eigenvalue weighted by atomic mass is 32.2. The van der Waals surface area contributed by atoms with Gasteiger partial charge in [-0.05, 0) is 26.8 Å². The lowest BCUT2D eigenvalue weighted by atomic mass is 10.1. The fourth-order valence-corrected chi connectivity index (χ4v) is 2.52. The first-order valence-electron chi connectivity index (χ1n) is 5.06. The summed E-state index contributed by atoms with van der Waals surface area (Å²) in [7, 11) is -3.96. The molecule has 0 aliphatic rings. The highest BCUT2D eigenvalue weighted by Crippen LogP contribution is 2.22. The molecule has 5 nitrogen and oxygen atoms in total. The molecule has 0 saturated carbocycles. The summed E-state index contributed by atoms with van der Waals surface area (Å²) in [5.41, 5.74) is 3.76. The van der Waals surface area contributed by atoms with Crippen molar-refractivity contribution in [2.75, 3.05) is 10.5 Å². The monoisotopic (exact) mass is 279 g/mol. The molecule has 0 aliphatic carbocycles. The predicted molar refractivity (Wildman–Crippen MR) is 66.2 cm³/mol. The molecule has 0 fully saturated rings. The SMILES string of the molecule is CC(C)(C)NS(=O)(=O)Nc1cc(N)c(F)cc1F. The van der Waals surface area contributed by atoms with Crippen molar-refractivity contribution < 1.29 is 17.2 Å². The molecule has 0 aromatic heterocycles. The largest absolute Gasteiger partial charge is 0.396 e. The van der Waals surface area contributed by atoms with E-state index in [2.05, 4.69) is 4.72 Å². The summed E-state index contributed by atoms with van der Waals surface area (Å²) in [4.78, 5) is 0. The third-order valence-corrected chi connectivity index (χ3v) is 3.14. The van der Waals surface area contributed by atoms with Crippen LogP contribution in [0, 0.1) is 11.6 Å². The first-order chi connectivity index (χ1) is 8.00. The fourth-order valence-electron chi connectivity index (χ4n) is 1.22. The van der Waals surface area contributed by atoms with E-state index >= 15 is 0 Å². The Kier molecular flexibility index (Phi) is 3.82. The van der Waals surface area contributed by atoms with Crippen LogP contribution < -0.4 is 15.2 Å². The molecular weight excluding hydrogens is 264 g/mol. The lowest BCUT2D eigenvalue weighted by Gasteiger charge is -2.21. The quantitative estimate of drug-likeness (QED) is 0.735. The fraction of sp³-hybridized carbons (Fsp3) is 0.400. The number of nitrogens with two attached hydrogens (primary N) is 1. The third kappa shape index (κ3) is 4.11. The molecule has 1 aromatic carbocycles.